The molecule has 2 heterocycles. The van der Waals surface area contributed by atoms with E-state index in [4.69, 9.17) is 33.0 Å². The van der Waals surface area contributed by atoms with Crippen LogP contribution in [-0.2, 0) is 16.1 Å². The minimum atomic E-state index is -0.491. The number of benzene rings is 1. The molecule has 3 rings (SSSR count). The average Bonchev–Trinajstić information content (AvgIpc) is 3.14. The Morgan fingerprint density at radius 3 is 2.81 bits per heavy atom. The monoisotopic (exact) mass is 411 g/mol. The van der Waals surface area contributed by atoms with Crippen molar-refractivity contribution < 1.29 is 13.9 Å². The number of thioether (sulfide) groups is 1. The summed E-state index contributed by atoms with van der Waals surface area (Å²) in [6, 6.07) is 4.74. The maximum Gasteiger partial charge on any atom is 0.336 e. The van der Waals surface area contributed by atoms with Crippen molar-refractivity contribution in [2.45, 2.75) is 26.4 Å². The molecule has 0 atom stereocenters. The Hall–Kier alpha value is -1.57. The van der Waals surface area contributed by atoms with Crippen LogP contribution in [0.25, 0.3) is 11.0 Å². The molecule has 1 saturated heterocycles. The summed E-state index contributed by atoms with van der Waals surface area (Å²) in [5.41, 5.74) is 1.31. The summed E-state index contributed by atoms with van der Waals surface area (Å²) in [6.45, 7) is 3.71. The maximum atomic E-state index is 12.0. The van der Waals surface area contributed by atoms with Crippen molar-refractivity contribution in [3.05, 3.63) is 44.8 Å². The molecule has 1 aliphatic rings. The van der Waals surface area contributed by atoms with Crippen LogP contribution >= 0.6 is 35.6 Å². The first-order valence-electron chi connectivity index (χ1n) is 8.24. The standard InChI is InChI=1S/C18H18ClNO4S2/c1-11-6-15-13(8-14(11)19)12(7-16(21)24-15)9-23-17(22)10-26-18(25)20-4-2-3-5-20/h6-8H,2-5,9-10H2,1H3. The lowest BCUT2D eigenvalue weighted by atomic mass is 10.1. The first-order valence-corrected chi connectivity index (χ1v) is 10.0. The van der Waals surface area contributed by atoms with E-state index in [9.17, 15) is 9.59 Å². The maximum absolute atomic E-state index is 12.0. The molecule has 2 aromatic rings. The highest BCUT2D eigenvalue weighted by molar-refractivity contribution is 8.23. The second-order valence-corrected chi connectivity index (χ2v) is 8.11. The Balaban J connectivity index is 1.63. The number of halogens is 1. The van der Waals surface area contributed by atoms with Crippen LogP contribution in [0, 0.1) is 6.92 Å². The fraction of sp³-hybridized carbons (Fsp3) is 0.389. The molecule has 0 spiro atoms. The van der Waals surface area contributed by atoms with E-state index in [2.05, 4.69) is 4.90 Å². The number of likely N-dealkylation sites (tertiary alicyclic amines) is 1. The van der Waals surface area contributed by atoms with Crippen molar-refractivity contribution in [1.82, 2.24) is 4.90 Å². The van der Waals surface area contributed by atoms with Crippen LogP contribution in [0.5, 0.6) is 0 Å². The fourth-order valence-corrected chi connectivity index (χ4v) is 3.99. The predicted octanol–water partition coefficient (Wildman–Crippen LogP) is 3.91. The molecule has 8 heteroatoms. The minimum absolute atomic E-state index is 0.0165. The largest absolute Gasteiger partial charge is 0.460 e. The zero-order valence-corrected chi connectivity index (χ0v) is 16.6. The normalized spacial score (nSPS) is 14.0. The number of nitrogens with zero attached hydrogens (tertiary/aromatic N) is 1. The van der Waals surface area contributed by atoms with Crippen molar-refractivity contribution in [2.75, 3.05) is 18.8 Å². The lowest BCUT2D eigenvalue weighted by Gasteiger charge is -2.17. The van der Waals surface area contributed by atoms with Gasteiger partial charge in [-0.2, -0.15) is 0 Å². The molecule has 1 aliphatic heterocycles. The molecular formula is C18H18ClNO4S2. The Bertz CT molecular complexity index is 906. The number of aryl methyl sites for hydroxylation is 1. The molecule has 0 bridgehead atoms. The van der Waals surface area contributed by atoms with Crippen molar-refractivity contribution in [3.63, 3.8) is 0 Å². The summed E-state index contributed by atoms with van der Waals surface area (Å²) in [6.07, 6.45) is 2.27. The van der Waals surface area contributed by atoms with Gasteiger partial charge < -0.3 is 14.1 Å². The quantitative estimate of drug-likeness (QED) is 0.429. The van der Waals surface area contributed by atoms with Gasteiger partial charge in [0.15, 0.2) is 0 Å². The third-order valence-corrected chi connectivity index (χ3v) is 6.08. The lowest BCUT2D eigenvalue weighted by Crippen LogP contribution is -2.24. The Morgan fingerprint density at radius 2 is 2.08 bits per heavy atom. The Morgan fingerprint density at radius 1 is 1.35 bits per heavy atom. The van der Waals surface area contributed by atoms with E-state index in [1.165, 1.54) is 17.8 Å². The van der Waals surface area contributed by atoms with Gasteiger partial charge in [0.25, 0.3) is 0 Å². The van der Waals surface area contributed by atoms with Gasteiger partial charge in [0.05, 0.1) is 5.75 Å². The van der Waals surface area contributed by atoms with E-state index >= 15 is 0 Å². The molecule has 1 fully saturated rings. The van der Waals surface area contributed by atoms with Crippen molar-refractivity contribution >= 4 is 56.8 Å². The van der Waals surface area contributed by atoms with Crippen LogP contribution in [0.4, 0.5) is 0 Å². The number of fused-ring (bicyclic) bond motifs is 1. The number of carbonyl (C=O) groups is 1. The van der Waals surface area contributed by atoms with Gasteiger partial charge in [-0.25, -0.2) is 4.79 Å². The molecule has 26 heavy (non-hydrogen) atoms. The van der Waals surface area contributed by atoms with Gasteiger partial charge in [0, 0.05) is 35.1 Å². The predicted molar refractivity (Wildman–Crippen MR) is 108 cm³/mol. The van der Waals surface area contributed by atoms with Crippen LogP contribution in [0.1, 0.15) is 24.0 Å². The summed E-state index contributed by atoms with van der Waals surface area (Å²) < 4.78 is 11.2. The van der Waals surface area contributed by atoms with Crippen LogP contribution in [0.15, 0.2) is 27.4 Å². The number of hydrogen-bond acceptors (Lipinski definition) is 6. The second kappa shape index (κ2) is 8.41. The summed E-state index contributed by atoms with van der Waals surface area (Å²) in [5, 5.41) is 1.22. The zero-order valence-electron chi connectivity index (χ0n) is 14.2. The van der Waals surface area contributed by atoms with Gasteiger partial charge in [0.1, 0.15) is 16.5 Å². The SMILES string of the molecule is Cc1cc2oc(=O)cc(COC(=O)CSC(=S)N3CCCC3)c2cc1Cl. The molecular weight excluding hydrogens is 394 g/mol. The number of thiocarbonyl (C=S) groups is 1. The van der Waals surface area contributed by atoms with Gasteiger partial charge in [-0.15, -0.1) is 0 Å². The summed E-state index contributed by atoms with van der Waals surface area (Å²) in [5.74, 6) is -0.231. The zero-order chi connectivity index (χ0) is 18.7. The Kier molecular flexibility index (Phi) is 6.21. The molecule has 0 unspecified atom stereocenters. The van der Waals surface area contributed by atoms with Gasteiger partial charge in [-0.05, 0) is 37.5 Å². The molecule has 0 saturated carbocycles. The summed E-state index contributed by atoms with van der Waals surface area (Å²) in [7, 11) is 0. The van der Waals surface area contributed by atoms with Gasteiger partial charge in [-0.1, -0.05) is 35.6 Å². The highest BCUT2D eigenvalue weighted by Gasteiger charge is 2.17. The van der Waals surface area contributed by atoms with Crippen molar-refractivity contribution in [2.24, 2.45) is 0 Å². The van der Waals surface area contributed by atoms with E-state index < -0.39 is 5.63 Å². The van der Waals surface area contributed by atoms with Crippen molar-refractivity contribution in [3.8, 4) is 0 Å². The van der Waals surface area contributed by atoms with E-state index in [0.29, 0.717) is 21.6 Å². The third-order valence-electron chi connectivity index (χ3n) is 4.18. The summed E-state index contributed by atoms with van der Waals surface area (Å²) in [4.78, 5) is 25.9. The molecule has 1 aromatic heterocycles. The molecule has 0 aliphatic carbocycles. The Labute approximate surface area is 165 Å². The van der Waals surface area contributed by atoms with E-state index in [1.54, 1.807) is 12.1 Å². The number of carbonyl (C=O) groups excluding carboxylic acids is 1. The second-order valence-electron chi connectivity index (χ2n) is 6.10. The first kappa shape index (κ1) is 19.2. The smallest absolute Gasteiger partial charge is 0.336 e. The van der Waals surface area contributed by atoms with E-state index in [-0.39, 0.29) is 18.3 Å². The van der Waals surface area contributed by atoms with Crippen LogP contribution in [-0.4, -0.2) is 34.0 Å². The van der Waals surface area contributed by atoms with Crippen LogP contribution in [0.2, 0.25) is 5.02 Å². The number of ether oxygens (including phenoxy) is 1. The number of rotatable bonds is 4. The van der Waals surface area contributed by atoms with E-state index in [0.717, 1.165) is 35.8 Å². The molecule has 5 nitrogen and oxygen atoms in total. The highest BCUT2D eigenvalue weighted by atomic mass is 35.5. The molecule has 138 valence electrons. The minimum Gasteiger partial charge on any atom is -0.460 e. The highest BCUT2D eigenvalue weighted by Crippen LogP contribution is 2.25. The lowest BCUT2D eigenvalue weighted by molar-refractivity contribution is -0.141. The molecule has 0 N–H and O–H groups in total. The molecule has 0 radical (unpaired) electrons. The number of esters is 1. The molecule has 0 amide bonds. The van der Waals surface area contributed by atoms with Gasteiger partial charge >= 0.3 is 11.6 Å². The van der Waals surface area contributed by atoms with Crippen molar-refractivity contribution in [1.29, 1.82) is 0 Å². The average molecular weight is 412 g/mol. The topological polar surface area (TPSA) is 59.8 Å². The fourth-order valence-electron chi connectivity index (χ4n) is 2.78. The number of hydrogen-bond donors (Lipinski definition) is 0. The summed E-state index contributed by atoms with van der Waals surface area (Å²) >= 11 is 12.8. The third kappa shape index (κ3) is 4.58. The van der Waals surface area contributed by atoms with Gasteiger partial charge in [0.2, 0.25) is 0 Å². The van der Waals surface area contributed by atoms with Gasteiger partial charge in [-0.3, -0.25) is 4.79 Å². The molecule has 1 aromatic carbocycles. The first-order chi connectivity index (χ1) is 12.4. The van der Waals surface area contributed by atoms with Crippen LogP contribution in [0.3, 0.4) is 0 Å². The van der Waals surface area contributed by atoms with Crippen LogP contribution < -0.4 is 5.63 Å². The van der Waals surface area contributed by atoms with E-state index in [1.807, 2.05) is 6.92 Å².